The molecule has 1 heterocycles. The first kappa shape index (κ1) is 18.8. The minimum absolute atomic E-state index is 0.205. The quantitative estimate of drug-likeness (QED) is 0.787. The number of nitrogens with one attached hydrogen (secondary N) is 1. The van der Waals surface area contributed by atoms with E-state index in [2.05, 4.69) is 22.2 Å². The van der Waals surface area contributed by atoms with E-state index in [0.717, 1.165) is 37.4 Å². The van der Waals surface area contributed by atoms with E-state index in [9.17, 15) is 4.79 Å². The number of amides is 1. The van der Waals surface area contributed by atoms with Crippen molar-refractivity contribution in [3.63, 3.8) is 0 Å². The van der Waals surface area contributed by atoms with Crippen LogP contribution in [0.5, 0.6) is 0 Å². The summed E-state index contributed by atoms with van der Waals surface area (Å²) in [5, 5.41) is 4.15. The molecule has 3 rings (SSSR count). The smallest absolute Gasteiger partial charge is 0.248 e. The molecule has 26 heavy (non-hydrogen) atoms. The van der Waals surface area contributed by atoms with Crippen LogP contribution in [0, 0.1) is 0 Å². The van der Waals surface area contributed by atoms with Crippen molar-refractivity contribution in [2.75, 3.05) is 43.4 Å². The Morgan fingerprint density at radius 3 is 2.38 bits per heavy atom. The third-order valence-corrected chi connectivity index (χ3v) is 4.91. The molecule has 1 fully saturated rings. The van der Waals surface area contributed by atoms with Gasteiger partial charge in [-0.3, -0.25) is 4.79 Å². The van der Waals surface area contributed by atoms with Gasteiger partial charge in [0.2, 0.25) is 5.91 Å². The molecule has 0 aliphatic carbocycles. The largest absolute Gasteiger partial charge is 0.368 e. The van der Waals surface area contributed by atoms with Crippen LogP contribution in [0.15, 0.2) is 48.5 Å². The molecule has 0 atom stereocenters. The van der Waals surface area contributed by atoms with Gasteiger partial charge in [0.25, 0.3) is 0 Å². The number of rotatable bonds is 4. The van der Waals surface area contributed by atoms with Crippen LogP contribution in [-0.2, 0) is 4.79 Å². The highest BCUT2D eigenvalue weighted by Gasteiger charge is 2.16. The monoisotopic (exact) mass is 389 g/mol. The van der Waals surface area contributed by atoms with Crippen molar-refractivity contribution in [2.45, 2.75) is 0 Å². The zero-order valence-electron chi connectivity index (χ0n) is 14.6. The number of likely N-dealkylation sites (N-methyl/N-ethyl adjacent to an activating group) is 1. The third-order valence-electron chi connectivity index (χ3n) is 4.36. The first-order valence-corrected chi connectivity index (χ1v) is 9.24. The number of hydrogen-bond acceptors (Lipinski definition) is 3. The van der Waals surface area contributed by atoms with E-state index < -0.39 is 0 Å². The Hall–Kier alpha value is -2.01. The van der Waals surface area contributed by atoms with E-state index >= 15 is 0 Å². The molecule has 0 unspecified atom stereocenters. The van der Waals surface area contributed by atoms with E-state index in [0.29, 0.717) is 15.7 Å². The normalized spacial score (nSPS) is 15.4. The molecule has 0 bridgehead atoms. The molecule has 136 valence electrons. The number of anilines is 2. The lowest BCUT2D eigenvalue weighted by atomic mass is 10.2. The molecule has 0 radical (unpaired) electrons. The van der Waals surface area contributed by atoms with E-state index in [1.807, 2.05) is 24.3 Å². The lowest BCUT2D eigenvalue weighted by Gasteiger charge is -2.34. The average Bonchev–Trinajstić information content (AvgIpc) is 2.62. The van der Waals surface area contributed by atoms with E-state index in [-0.39, 0.29) is 5.91 Å². The average molecular weight is 390 g/mol. The van der Waals surface area contributed by atoms with Gasteiger partial charge in [-0.2, -0.15) is 0 Å². The highest BCUT2D eigenvalue weighted by molar-refractivity contribution is 6.33. The number of carbonyl (C=O) groups is 1. The number of nitrogens with zero attached hydrogens (tertiary/aromatic N) is 2. The summed E-state index contributed by atoms with van der Waals surface area (Å²) >= 11 is 12.3. The summed E-state index contributed by atoms with van der Waals surface area (Å²) in [5.74, 6) is -0.205. The van der Waals surface area contributed by atoms with Crippen LogP contribution < -0.4 is 10.2 Å². The van der Waals surface area contributed by atoms with E-state index in [4.69, 9.17) is 23.2 Å². The summed E-state index contributed by atoms with van der Waals surface area (Å²) in [6.45, 7) is 3.94. The second-order valence-corrected chi connectivity index (χ2v) is 7.17. The number of hydrogen-bond donors (Lipinski definition) is 1. The highest BCUT2D eigenvalue weighted by Crippen LogP contribution is 2.29. The predicted molar refractivity (Wildman–Crippen MR) is 110 cm³/mol. The minimum Gasteiger partial charge on any atom is -0.368 e. The van der Waals surface area contributed by atoms with Crippen LogP contribution in [0.3, 0.4) is 0 Å². The van der Waals surface area contributed by atoms with E-state index in [1.54, 1.807) is 24.3 Å². The second-order valence-electron chi connectivity index (χ2n) is 6.33. The molecule has 1 aliphatic heterocycles. The summed E-state index contributed by atoms with van der Waals surface area (Å²) in [5.41, 5.74) is 2.60. The number of piperazine rings is 1. The van der Waals surface area contributed by atoms with Gasteiger partial charge in [0.15, 0.2) is 0 Å². The molecule has 4 nitrogen and oxygen atoms in total. The summed E-state index contributed by atoms with van der Waals surface area (Å²) in [6, 6.07) is 12.9. The van der Waals surface area contributed by atoms with Crippen LogP contribution in [0.1, 0.15) is 5.56 Å². The summed E-state index contributed by atoms with van der Waals surface area (Å²) in [4.78, 5) is 16.7. The molecule has 2 aromatic rings. The Kier molecular flexibility index (Phi) is 6.20. The van der Waals surface area contributed by atoms with Gasteiger partial charge in [-0.05, 0) is 49.0 Å². The van der Waals surface area contributed by atoms with Crippen LogP contribution in [-0.4, -0.2) is 44.0 Å². The van der Waals surface area contributed by atoms with Crippen LogP contribution in [0.2, 0.25) is 10.0 Å². The first-order valence-electron chi connectivity index (χ1n) is 8.49. The minimum atomic E-state index is -0.205. The topological polar surface area (TPSA) is 35.6 Å². The molecule has 6 heteroatoms. The van der Waals surface area contributed by atoms with Gasteiger partial charge in [-0.1, -0.05) is 35.3 Å². The lowest BCUT2D eigenvalue weighted by molar-refractivity contribution is -0.111. The number of halogens is 2. The maximum Gasteiger partial charge on any atom is 0.248 e. The SMILES string of the molecule is CN1CCN(c2ccc(NC(=O)/C=C/c3ccc(Cl)cc3)cc2Cl)CC1. The first-order chi connectivity index (χ1) is 12.5. The van der Waals surface area contributed by atoms with Crippen molar-refractivity contribution in [1.29, 1.82) is 0 Å². The number of carbonyl (C=O) groups excluding carboxylic acids is 1. The van der Waals surface area contributed by atoms with Gasteiger partial charge in [0.05, 0.1) is 10.7 Å². The summed E-state index contributed by atoms with van der Waals surface area (Å²) in [6.07, 6.45) is 3.23. The molecule has 1 aliphatic rings. The Bertz CT molecular complexity index is 797. The molecule has 2 aromatic carbocycles. The fourth-order valence-corrected chi connectivity index (χ4v) is 3.24. The summed E-state index contributed by atoms with van der Waals surface area (Å²) in [7, 11) is 2.12. The second kappa shape index (κ2) is 8.58. The molecular formula is C20H21Cl2N3O. The maximum atomic E-state index is 12.1. The zero-order chi connectivity index (χ0) is 18.5. The number of benzene rings is 2. The summed E-state index contributed by atoms with van der Waals surface area (Å²) < 4.78 is 0. The van der Waals surface area contributed by atoms with Gasteiger partial charge < -0.3 is 15.1 Å². The molecule has 1 saturated heterocycles. The van der Waals surface area contributed by atoms with Gasteiger partial charge in [-0.15, -0.1) is 0 Å². The molecule has 1 amide bonds. The lowest BCUT2D eigenvalue weighted by Crippen LogP contribution is -2.44. The van der Waals surface area contributed by atoms with Crippen LogP contribution in [0.4, 0.5) is 11.4 Å². The van der Waals surface area contributed by atoms with Crippen LogP contribution in [0.25, 0.3) is 6.08 Å². The fraction of sp³-hybridized carbons (Fsp3) is 0.250. The van der Waals surface area contributed by atoms with Crippen molar-refractivity contribution in [2.24, 2.45) is 0 Å². The maximum absolute atomic E-state index is 12.1. The van der Waals surface area contributed by atoms with Crippen molar-refractivity contribution in [3.05, 3.63) is 64.1 Å². The van der Waals surface area contributed by atoms with Crippen molar-refractivity contribution < 1.29 is 4.79 Å². The van der Waals surface area contributed by atoms with Crippen LogP contribution >= 0.6 is 23.2 Å². The van der Waals surface area contributed by atoms with Gasteiger partial charge in [0.1, 0.15) is 0 Å². The third kappa shape index (κ3) is 5.01. The molecule has 0 aromatic heterocycles. The highest BCUT2D eigenvalue weighted by atomic mass is 35.5. The van der Waals surface area contributed by atoms with Crippen molar-refractivity contribution in [1.82, 2.24) is 4.90 Å². The van der Waals surface area contributed by atoms with E-state index in [1.165, 1.54) is 6.08 Å². The standard InChI is InChI=1S/C20H21Cl2N3O/c1-24-10-12-25(13-11-24)19-8-7-17(14-18(19)22)23-20(26)9-4-15-2-5-16(21)6-3-15/h2-9,14H,10-13H2,1H3,(H,23,26)/b9-4+. The van der Waals surface area contributed by atoms with Gasteiger partial charge in [-0.25, -0.2) is 0 Å². The van der Waals surface area contributed by atoms with Gasteiger partial charge >= 0.3 is 0 Å². The fourth-order valence-electron chi connectivity index (χ4n) is 2.82. The van der Waals surface area contributed by atoms with Gasteiger partial charge in [0, 0.05) is 43.0 Å². The predicted octanol–water partition coefficient (Wildman–Crippen LogP) is 4.40. The Morgan fingerprint density at radius 2 is 1.73 bits per heavy atom. The molecule has 0 spiro atoms. The molecule has 0 saturated carbocycles. The zero-order valence-corrected chi connectivity index (χ0v) is 16.1. The Morgan fingerprint density at radius 1 is 1.04 bits per heavy atom. The van der Waals surface area contributed by atoms with Crippen molar-refractivity contribution in [3.8, 4) is 0 Å². The Labute approximate surface area is 164 Å². The molecule has 1 N–H and O–H groups in total. The molecular weight excluding hydrogens is 369 g/mol. The Balaban J connectivity index is 1.62. The van der Waals surface area contributed by atoms with Crippen molar-refractivity contribution >= 4 is 46.6 Å².